The van der Waals surface area contributed by atoms with E-state index in [-0.39, 0.29) is 5.91 Å². The fourth-order valence-electron chi connectivity index (χ4n) is 2.68. The van der Waals surface area contributed by atoms with Gasteiger partial charge in [0.2, 0.25) is 0 Å². The molecule has 1 aliphatic rings. The smallest absolute Gasteiger partial charge is 0.264 e. The van der Waals surface area contributed by atoms with Crippen LogP contribution in [0.15, 0.2) is 44.7 Å². The quantitative estimate of drug-likeness (QED) is 0.492. The first-order valence-electron chi connectivity index (χ1n) is 9.06. The molecule has 1 N–H and O–H groups in total. The van der Waals surface area contributed by atoms with E-state index in [4.69, 9.17) is 21.1 Å². The first kappa shape index (κ1) is 21.7. The number of thioether (sulfide) groups is 1. The van der Waals surface area contributed by atoms with E-state index in [9.17, 15) is 4.79 Å². The number of nitrogens with zero attached hydrogens (tertiary/aromatic N) is 1. The van der Waals surface area contributed by atoms with Crippen LogP contribution in [-0.2, 0) is 4.79 Å². The molecule has 0 unspecified atom stereocenters. The van der Waals surface area contributed by atoms with Crippen LogP contribution in [0.25, 0.3) is 6.08 Å². The topological polar surface area (TPSA) is 59.9 Å². The second-order valence-corrected chi connectivity index (χ2v) is 8.35. The third kappa shape index (κ3) is 5.15. The summed E-state index contributed by atoms with van der Waals surface area (Å²) in [7, 11) is 0. The molecule has 152 valence electrons. The van der Waals surface area contributed by atoms with Crippen LogP contribution < -0.4 is 14.8 Å². The van der Waals surface area contributed by atoms with Gasteiger partial charge < -0.3 is 14.8 Å². The van der Waals surface area contributed by atoms with E-state index in [0.717, 1.165) is 21.3 Å². The van der Waals surface area contributed by atoms with Crippen molar-refractivity contribution in [3.63, 3.8) is 0 Å². The zero-order valence-electron chi connectivity index (χ0n) is 16.2. The maximum atomic E-state index is 12.4. The van der Waals surface area contributed by atoms with Gasteiger partial charge in [-0.05, 0) is 89.9 Å². The van der Waals surface area contributed by atoms with Gasteiger partial charge in [0.15, 0.2) is 16.7 Å². The van der Waals surface area contributed by atoms with Crippen molar-refractivity contribution in [1.29, 1.82) is 0 Å². The molecule has 1 amide bonds. The van der Waals surface area contributed by atoms with Gasteiger partial charge in [-0.15, -0.1) is 0 Å². The molecule has 0 radical (unpaired) electrons. The molecule has 0 aliphatic carbocycles. The zero-order valence-corrected chi connectivity index (χ0v) is 19.4. The molecule has 2 aromatic carbocycles. The Morgan fingerprint density at radius 2 is 2.00 bits per heavy atom. The zero-order chi connectivity index (χ0) is 21.0. The van der Waals surface area contributed by atoms with Crippen LogP contribution in [0.2, 0.25) is 5.02 Å². The number of carbonyl (C=O) groups excluding carboxylic acids is 1. The number of hydrogen-bond donors (Lipinski definition) is 1. The van der Waals surface area contributed by atoms with Crippen LogP contribution in [0, 0.1) is 6.92 Å². The van der Waals surface area contributed by atoms with Crippen molar-refractivity contribution in [3.05, 3.63) is 55.9 Å². The summed E-state index contributed by atoms with van der Waals surface area (Å²) in [5.41, 5.74) is 2.41. The maximum Gasteiger partial charge on any atom is 0.264 e. The van der Waals surface area contributed by atoms with Gasteiger partial charge in [0.25, 0.3) is 5.91 Å². The van der Waals surface area contributed by atoms with E-state index in [1.54, 1.807) is 6.08 Å². The van der Waals surface area contributed by atoms with Crippen LogP contribution in [-0.4, -0.2) is 24.3 Å². The molecule has 1 fully saturated rings. The fourth-order valence-corrected chi connectivity index (χ4v) is 4.26. The lowest BCUT2D eigenvalue weighted by molar-refractivity contribution is -0.115. The fraction of sp³-hybridized carbons (Fsp3) is 0.238. The number of rotatable bonds is 6. The Morgan fingerprint density at radius 1 is 1.24 bits per heavy atom. The molecule has 1 heterocycles. The number of benzene rings is 2. The van der Waals surface area contributed by atoms with Crippen molar-refractivity contribution in [3.8, 4) is 11.5 Å². The van der Waals surface area contributed by atoms with Crippen LogP contribution in [0.4, 0.5) is 5.69 Å². The normalized spacial score (nSPS) is 16.4. The van der Waals surface area contributed by atoms with Crippen LogP contribution in [0.3, 0.4) is 0 Å². The van der Waals surface area contributed by atoms with Gasteiger partial charge >= 0.3 is 0 Å². The Hall–Kier alpha value is -1.96. The van der Waals surface area contributed by atoms with E-state index >= 15 is 0 Å². The highest BCUT2D eigenvalue weighted by molar-refractivity contribution is 9.10. The van der Waals surface area contributed by atoms with Gasteiger partial charge in [0.05, 0.1) is 28.3 Å². The highest BCUT2D eigenvalue weighted by Crippen LogP contribution is 2.38. The second kappa shape index (κ2) is 9.69. The maximum absolute atomic E-state index is 12.4. The van der Waals surface area contributed by atoms with Crippen molar-refractivity contribution in [2.24, 2.45) is 4.99 Å². The predicted octanol–water partition coefficient (Wildman–Crippen LogP) is 6.10. The largest absolute Gasteiger partial charge is 0.490 e. The van der Waals surface area contributed by atoms with Gasteiger partial charge in [0.1, 0.15) is 0 Å². The number of ether oxygens (including phenoxy) is 2. The number of amidine groups is 1. The van der Waals surface area contributed by atoms with E-state index in [0.29, 0.717) is 39.8 Å². The average molecular weight is 496 g/mol. The Bertz CT molecular complexity index is 1010. The third-order valence-electron chi connectivity index (χ3n) is 4.03. The molecule has 0 aromatic heterocycles. The first-order valence-corrected chi connectivity index (χ1v) is 11.1. The first-order chi connectivity index (χ1) is 13.9. The lowest BCUT2D eigenvalue weighted by Gasteiger charge is -2.13. The number of halogens is 2. The van der Waals surface area contributed by atoms with E-state index < -0.39 is 0 Å². The lowest BCUT2D eigenvalue weighted by atomic mass is 10.2. The van der Waals surface area contributed by atoms with Crippen molar-refractivity contribution < 1.29 is 14.3 Å². The van der Waals surface area contributed by atoms with Crippen LogP contribution in [0.1, 0.15) is 25.0 Å². The van der Waals surface area contributed by atoms with Crippen molar-refractivity contribution in [2.45, 2.75) is 20.8 Å². The number of hydrogen-bond acceptors (Lipinski definition) is 5. The standard InChI is InChI=1S/C21H20BrClN2O3S/c1-4-27-17-10-13(9-14(22)19(17)28-5-2)11-18-20(26)25-21(29-18)24-16-8-6-7-15(23)12(16)3/h6-11H,4-5H2,1-3H3,(H,24,25,26)/b18-11-. The second-order valence-electron chi connectivity index (χ2n) is 6.06. The summed E-state index contributed by atoms with van der Waals surface area (Å²) < 4.78 is 12.1. The molecule has 29 heavy (non-hydrogen) atoms. The van der Waals surface area contributed by atoms with Crippen molar-refractivity contribution >= 4 is 62.1 Å². The average Bonchev–Trinajstić information content (AvgIpc) is 3.01. The highest BCUT2D eigenvalue weighted by atomic mass is 79.9. The van der Waals surface area contributed by atoms with Crippen molar-refractivity contribution in [2.75, 3.05) is 13.2 Å². The molecule has 3 rings (SSSR count). The summed E-state index contributed by atoms with van der Waals surface area (Å²) in [6.45, 7) is 6.76. The van der Waals surface area contributed by atoms with Gasteiger partial charge in [-0.3, -0.25) is 4.79 Å². The molecule has 5 nitrogen and oxygen atoms in total. The number of carbonyl (C=O) groups is 1. The molecule has 1 saturated heterocycles. The number of nitrogens with one attached hydrogen (secondary N) is 1. The lowest BCUT2D eigenvalue weighted by Crippen LogP contribution is -2.19. The van der Waals surface area contributed by atoms with Gasteiger partial charge in [-0.1, -0.05) is 17.7 Å². The Labute approximate surface area is 187 Å². The van der Waals surface area contributed by atoms with E-state index in [1.165, 1.54) is 11.8 Å². The minimum Gasteiger partial charge on any atom is -0.490 e. The Kier molecular flexibility index (Phi) is 7.27. The molecule has 2 aromatic rings. The molecule has 1 aliphatic heterocycles. The molecule has 0 spiro atoms. The minimum atomic E-state index is -0.198. The monoisotopic (exact) mass is 494 g/mol. The molecule has 0 saturated carbocycles. The summed E-state index contributed by atoms with van der Waals surface area (Å²) in [6, 6.07) is 9.26. The molecule has 0 bridgehead atoms. The third-order valence-corrected chi connectivity index (χ3v) is 5.94. The Morgan fingerprint density at radius 3 is 2.72 bits per heavy atom. The molecule has 8 heteroatoms. The molecular weight excluding hydrogens is 476 g/mol. The van der Waals surface area contributed by atoms with Crippen LogP contribution in [0.5, 0.6) is 11.5 Å². The number of aliphatic imine (C=N–C) groups is 1. The van der Waals surface area contributed by atoms with E-state index in [1.807, 2.05) is 51.1 Å². The summed E-state index contributed by atoms with van der Waals surface area (Å²) >= 11 is 11.0. The summed E-state index contributed by atoms with van der Waals surface area (Å²) in [5, 5.41) is 3.95. The minimum absolute atomic E-state index is 0.198. The highest BCUT2D eigenvalue weighted by Gasteiger charge is 2.24. The van der Waals surface area contributed by atoms with Crippen LogP contribution >= 0.6 is 39.3 Å². The predicted molar refractivity (Wildman–Crippen MR) is 123 cm³/mol. The summed E-state index contributed by atoms with van der Waals surface area (Å²) in [5.74, 6) is 1.08. The molecular formula is C21H20BrClN2O3S. The Balaban J connectivity index is 1.90. The van der Waals surface area contributed by atoms with Gasteiger partial charge in [-0.2, -0.15) is 0 Å². The number of amides is 1. The summed E-state index contributed by atoms with van der Waals surface area (Å²) in [4.78, 5) is 17.5. The van der Waals surface area contributed by atoms with Crippen molar-refractivity contribution in [1.82, 2.24) is 5.32 Å². The van der Waals surface area contributed by atoms with E-state index in [2.05, 4.69) is 26.2 Å². The van der Waals surface area contributed by atoms with Gasteiger partial charge in [-0.25, -0.2) is 4.99 Å². The summed E-state index contributed by atoms with van der Waals surface area (Å²) in [6.07, 6.45) is 1.80. The van der Waals surface area contributed by atoms with Gasteiger partial charge in [0, 0.05) is 5.02 Å². The SMILES string of the molecule is CCOc1cc(/C=C2\SC(=Nc3cccc(Cl)c3C)NC2=O)cc(Br)c1OCC. The molecule has 0 atom stereocenters.